The smallest absolute Gasteiger partial charge is 0.227 e. The van der Waals surface area contributed by atoms with Gasteiger partial charge in [0.25, 0.3) is 0 Å². The van der Waals surface area contributed by atoms with Crippen LogP contribution in [0.25, 0.3) is 22.6 Å². The molecule has 0 radical (unpaired) electrons. The zero-order valence-electron chi connectivity index (χ0n) is 9.71. The molecule has 0 aliphatic carbocycles. The monoisotopic (exact) mass is 241 g/mol. The highest BCUT2D eigenvalue weighted by Crippen LogP contribution is 2.29. The van der Waals surface area contributed by atoms with Crippen LogP contribution in [-0.2, 0) is 0 Å². The Hall–Kier alpha value is -2.49. The number of phenols is 2. The molecule has 2 aromatic carbocycles. The summed E-state index contributed by atoms with van der Waals surface area (Å²) in [7, 11) is 0. The first-order valence-corrected chi connectivity index (χ1v) is 5.53. The van der Waals surface area contributed by atoms with Gasteiger partial charge in [0.15, 0.2) is 5.58 Å². The van der Waals surface area contributed by atoms with E-state index in [0.717, 1.165) is 11.1 Å². The molecular weight excluding hydrogens is 230 g/mol. The van der Waals surface area contributed by atoms with E-state index in [2.05, 4.69) is 4.98 Å². The first-order valence-electron chi connectivity index (χ1n) is 5.53. The van der Waals surface area contributed by atoms with Crippen LogP contribution in [0.3, 0.4) is 0 Å². The third-order valence-corrected chi connectivity index (χ3v) is 2.77. The van der Waals surface area contributed by atoms with E-state index in [1.165, 1.54) is 0 Å². The number of hydrogen-bond donors (Lipinski definition) is 2. The molecule has 1 heterocycles. The van der Waals surface area contributed by atoms with Crippen molar-refractivity contribution < 1.29 is 14.6 Å². The van der Waals surface area contributed by atoms with Gasteiger partial charge >= 0.3 is 0 Å². The number of aromatic nitrogens is 1. The molecule has 0 aliphatic rings. The number of fused-ring (bicyclic) bond motifs is 1. The van der Waals surface area contributed by atoms with Crippen molar-refractivity contribution in [2.24, 2.45) is 0 Å². The summed E-state index contributed by atoms with van der Waals surface area (Å²) >= 11 is 0. The Morgan fingerprint density at radius 3 is 2.44 bits per heavy atom. The van der Waals surface area contributed by atoms with Crippen molar-refractivity contribution in [2.45, 2.75) is 6.92 Å². The Kier molecular flexibility index (Phi) is 2.23. The van der Waals surface area contributed by atoms with E-state index in [4.69, 9.17) is 4.42 Å². The predicted molar refractivity (Wildman–Crippen MR) is 67.5 cm³/mol. The molecule has 0 atom stereocenters. The lowest BCUT2D eigenvalue weighted by Gasteiger charge is -1.95. The normalized spacial score (nSPS) is 10.9. The van der Waals surface area contributed by atoms with Crippen LogP contribution in [0.5, 0.6) is 11.5 Å². The topological polar surface area (TPSA) is 66.5 Å². The molecule has 4 heteroatoms. The van der Waals surface area contributed by atoms with Gasteiger partial charge in [-0.05, 0) is 42.8 Å². The van der Waals surface area contributed by atoms with Gasteiger partial charge in [-0.15, -0.1) is 0 Å². The number of phenolic OH excluding ortho intramolecular Hbond substituents is 2. The molecule has 18 heavy (non-hydrogen) atoms. The number of rotatable bonds is 1. The Morgan fingerprint density at radius 2 is 1.72 bits per heavy atom. The van der Waals surface area contributed by atoms with Crippen LogP contribution in [0.1, 0.15) is 5.56 Å². The maximum absolute atomic E-state index is 9.51. The number of hydrogen-bond acceptors (Lipinski definition) is 4. The summed E-state index contributed by atoms with van der Waals surface area (Å²) in [6.07, 6.45) is 0. The van der Waals surface area contributed by atoms with Crippen LogP contribution in [0, 0.1) is 6.92 Å². The van der Waals surface area contributed by atoms with Crippen molar-refractivity contribution in [3.05, 3.63) is 42.0 Å². The molecule has 0 bridgehead atoms. The molecule has 0 saturated carbocycles. The number of oxazole rings is 1. The average Bonchev–Trinajstić information content (AvgIpc) is 2.74. The Labute approximate surface area is 103 Å². The summed E-state index contributed by atoms with van der Waals surface area (Å²) in [5.74, 6) is 0.841. The summed E-state index contributed by atoms with van der Waals surface area (Å²) in [5.41, 5.74) is 2.90. The fourth-order valence-electron chi connectivity index (χ4n) is 1.91. The molecule has 4 nitrogen and oxygen atoms in total. The number of benzene rings is 2. The van der Waals surface area contributed by atoms with Crippen LogP contribution in [0.15, 0.2) is 40.8 Å². The van der Waals surface area contributed by atoms with Crippen LogP contribution < -0.4 is 0 Å². The molecule has 1 aromatic heterocycles. The minimum atomic E-state index is 0.172. The van der Waals surface area contributed by atoms with Gasteiger partial charge in [0.05, 0.1) is 0 Å². The molecular formula is C14H11NO3. The minimum absolute atomic E-state index is 0.172. The molecule has 0 saturated heterocycles. The van der Waals surface area contributed by atoms with Gasteiger partial charge in [0, 0.05) is 11.6 Å². The SMILES string of the molecule is Cc1cc(O)cc2nc(-c3ccc(O)cc3)oc12. The second-order valence-electron chi connectivity index (χ2n) is 4.18. The molecule has 0 fully saturated rings. The molecule has 90 valence electrons. The van der Waals surface area contributed by atoms with Crippen LogP contribution in [-0.4, -0.2) is 15.2 Å². The molecule has 3 rings (SSSR count). The fraction of sp³-hybridized carbons (Fsp3) is 0.0714. The highest BCUT2D eigenvalue weighted by molar-refractivity contribution is 5.80. The van der Waals surface area contributed by atoms with Gasteiger partial charge in [-0.25, -0.2) is 4.98 Å². The second kappa shape index (κ2) is 3.77. The average molecular weight is 241 g/mol. The van der Waals surface area contributed by atoms with E-state index >= 15 is 0 Å². The van der Waals surface area contributed by atoms with Crippen molar-refractivity contribution in [1.82, 2.24) is 4.98 Å². The van der Waals surface area contributed by atoms with Gasteiger partial charge < -0.3 is 14.6 Å². The molecule has 0 spiro atoms. The lowest BCUT2D eigenvalue weighted by Crippen LogP contribution is -1.76. The summed E-state index contributed by atoms with van der Waals surface area (Å²) in [4.78, 5) is 4.33. The number of aromatic hydroxyl groups is 2. The van der Waals surface area contributed by atoms with Crippen LogP contribution >= 0.6 is 0 Å². The first kappa shape index (κ1) is 10.7. The lowest BCUT2D eigenvalue weighted by molar-refractivity contribution is 0.474. The summed E-state index contributed by atoms with van der Waals surface area (Å²) in [6.45, 7) is 1.85. The summed E-state index contributed by atoms with van der Waals surface area (Å²) < 4.78 is 5.68. The van der Waals surface area contributed by atoms with Gasteiger partial charge in [-0.3, -0.25) is 0 Å². The summed E-state index contributed by atoms with van der Waals surface area (Å²) in [5, 5.41) is 18.8. The molecule has 0 aliphatic heterocycles. The molecule has 0 unspecified atom stereocenters. The summed E-state index contributed by atoms with van der Waals surface area (Å²) in [6, 6.07) is 9.82. The van der Waals surface area contributed by atoms with Crippen molar-refractivity contribution in [1.29, 1.82) is 0 Å². The van der Waals surface area contributed by atoms with Gasteiger partial charge in [0.2, 0.25) is 5.89 Å². The number of nitrogens with zero attached hydrogens (tertiary/aromatic N) is 1. The van der Waals surface area contributed by atoms with Crippen molar-refractivity contribution in [2.75, 3.05) is 0 Å². The van der Waals surface area contributed by atoms with E-state index in [9.17, 15) is 10.2 Å². The van der Waals surface area contributed by atoms with Crippen molar-refractivity contribution in [3.8, 4) is 23.0 Å². The second-order valence-corrected chi connectivity index (χ2v) is 4.18. The number of aryl methyl sites for hydroxylation is 1. The molecule has 0 amide bonds. The third kappa shape index (κ3) is 1.68. The highest BCUT2D eigenvalue weighted by atomic mass is 16.3. The van der Waals surface area contributed by atoms with E-state index in [0.29, 0.717) is 17.0 Å². The van der Waals surface area contributed by atoms with Gasteiger partial charge in [0.1, 0.15) is 17.0 Å². The lowest BCUT2D eigenvalue weighted by atomic mass is 10.2. The maximum atomic E-state index is 9.51. The largest absolute Gasteiger partial charge is 0.508 e. The highest BCUT2D eigenvalue weighted by Gasteiger charge is 2.11. The zero-order chi connectivity index (χ0) is 12.7. The first-order chi connectivity index (χ1) is 8.63. The standard InChI is InChI=1S/C14H11NO3/c1-8-6-11(17)7-12-13(8)18-14(15-12)9-2-4-10(16)5-3-9/h2-7,16-17H,1H3. The molecule has 3 aromatic rings. The Bertz CT molecular complexity index is 714. The molecule has 2 N–H and O–H groups in total. The zero-order valence-corrected chi connectivity index (χ0v) is 9.71. The van der Waals surface area contributed by atoms with E-state index in [1.54, 1.807) is 36.4 Å². The predicted octanol–water partition coefficient (Wildman–Crippen LogP) is 3.21. The Balaban J connectivity index is 2.19. The van der Waals surface area contributed by atoms with Crippen LogP contribution in [0.4, 0.5) is 0 Å². The van der Waals surface area contributed by atoms with Gasteiger partial charge in [-0.2, -0.15) is 0 Å². The Morgan fingerprint density at radius 1 is 1.00 bits per heavy atom. The quantitative estimate of drug-likeness (QED) is 0.686. The van der Waals surface area contributed by atoms with E-state index in [1.807, 2.05) is 6.92 Å². The maximum Gasteiger partial charge on any atom is 0.227 e. The van der Waals surface area contributed by atoms with Crippen molar-refractivity contribution >= 4 is 11.1 Å². The third-order valence-electron chi connectivity index (χ3n) is 2.77. The van der Waals surface area contributed by atoms with Crippen LogP contribution in [0.2, 0.25) is 0 Å². The van der Waals surface area contributed by atoms with Crippen molar-refractivity contribution in [3.63, 3.8) is 0 Å². The fourth-order valence-corrected chi connectivity index (χ4v) is 1.91. The van der Waals surface area contributed by atoms with E-state index < -0.39 is 0 Å². The minimum Gasteiger partial charge on any atom is -0.508 e. The van der Waals surface area contributed by atoms with Gasteiger partial charge in [-0.1, -0.05) is 0 Å². The van der Waals surface area contributed by atoms with E-state index in [-0.39, 0.29) is 11.5 Å².